The third-order valence-corrected chi connectivity index (χ3v) is 4.08. The van der Waals surface area contributed by atoms with Crippen molar-refractivity contribution in [2.45, 2.75) is 23.9 Å². The van der Waals surface area contributed by atoms with E-state index in [2.05, 4.69) is 5.32 Å². The average Bonchev–Trinajstić information content (AvgIpc) is 2.76. The summed E-state index contributed by atoms with van der Waals surface area (Å²) in [5.74, 6) is 0.153. The van der Waals surface area contributed by atoms with Crippen molar-refractivity contribution in [2.24, 2.45) is 0 Å². The summed E-state index contributed by atoms with van der Waals surface area (Å²) >= 11 is 0. The van der Waals surface area contributed by atoms with Gasteiger partial charge in [-0.3, -0.25) is 0 Å². The van der Waals surface area contributed by atoms with Gasteiger partial charge in [0, 0.05) is 20.6 Å². The molecule has 0 amide bonds. The fourth-order valence-electron chi connectivity index (χ4n) is 1.22. The number of aliphatic hydroxyl groups is 1. The zero-order valence-corrected chi connectivity index (χ0v) is 11.6. The van der Waals surface area contributed by atoms with Gasteiger partial charge in [0.25, 0.3) is 10.0 Å². The standard InChI is InChI=1S/C10H15F3N2O4S/c1-15(2)20(17,18)9-4-3-7(19-9)5-14-6-8(16)10(11,12)13/h3-4,8,14,16H,5-6H2,1-2H3. The minimum Gasteiger partial charge on any atom is -0.447 e. The predicted molar refractivity (Wildman–Crippen MR) is 63.3 cm³/mol. The van der Waals surface area contributed by atoms with Crippen molar-refractivity contribution in [3.63, 3.8) is 0 Å². The van der Waals surface area contributed by atoms with E-state index >= 15 is 0 Å². The van der Waals surface area contributed by atoms with Crippen LogP contribution in [0.25, 0.3) is 0 Å². The molecule has 0 aromatic carbocycles. The molecular formula is C10H15F3N2O4S. The molecule has 6 nitrogen and oxygen atoms in total. The molecule has 0 fully saturated rings. The van der Waals surface area contributed by atoms with Crippen LogP contribution in [0.5, 0.6) is 0 Å². The lowest BCUT2D eigenvalue weighted by Crippen LogP contribution is -2.38. The van der Waals surface area contributed by atoms with Crippen LogP contribution in [0.15, 0.2) is 21.6 Å². The molecule has 0 radical (unpaired) electrons. The summed E-state index contributed by atoms with van der Waals surface area (Å²) in [7, 11) is -1.05. The summed E-state index contributed by atoms with van der Waals surface area (Å²) in [6.45, 7) is -0.837. The van der Waals surface area contributed by atoms with Crippen LogP contribution in [0.4, 0.5) is 13.2 Å². The highest BCUT2D eigenvalue weighted by molar-refractivity contribution is 7.88. The molecule has 1 heterocycles. The van der Waals surface area contributed by atoms with Crippen LogP contribution >= 0.6 is 0 Å². The summed E-state index contributed by atoms with van der Waals surface area (Å²) in [5, 5.41) is 10.8. The van der Waals surface area contributed by atoms with Gasteiger partial charge in [-0.1, -0.05) is 0 Å². The van der Waals surface area contributed by atoms with Gasteiger partial charge in [-0.15, -0.1) is 0 Å². The van der Waals surface area contributed by atoms with Crippen molar-refractivity contribution in [1.29, 1.82) is 0 Å². The number of hydrogen-bond acceptors (Lipinski definition) is 5. The third kappa shape index (κ3) is 4.20. The Labute approximate surface area is 114 Å². The molecule has 0 aliphatic heterocycles. The SMILES string of the molecule is CN(C)S(=O)(=O)c1ccc(CNCC(O)C(F)(F)F)o1. The van der Waals surface area contributed by atoms with Gasteiger partial charge in [-0.2, -0.15) is 13.2 Å². The Morgan fingerprint density at radius 2 is 2.00 bits per heavy atom. The molecular weight excluding hydrogens is 301 g/mol. The molecule has 0 saturated carbocycles. The maximum Gasteiger partial charge on any atom is 0.415 e. The Hall–Kier alpha value is -1.10. The molecule has 0 saturated heterocycles. The lowest BCUT2D eigenvalue weighted by molar-refractivity contribution is -0.201. The van der Waals surface area contributed by atoms with Crippen molar-refractivity contribution in [1.82, 2.24) is 9.62 Å². The van der Waals surface area contributed by atoms with Crippen LogP contribution in [0.2, 0.25) is 0 Å². The number of sulfonamides is 1. The summed E-state index contributed by atoms with van der Waals surface area (Å²) in [6, 6.07) is 2.55. The molecule has 1 unspecified atom stereocenters. The first-order valence-corrected chi connectivity index (χ1v) is 6.96. The highest BCUT2D eigenvalue weighted by Crippen LogP contribution is 2.20. The van der Waals surface area contributed by atoms with Crippen LogP contribution in [-0.2, 0) is 16.6 Å². The normalized spacial score (nSPS) is 14.8. The molecule has 1 aromatic heterocycles. The number of aliphatic hydroxyl groups excluding tert-OH is 1. The fraction of sp³-hybridized carbons (Fsp3) is 0.600. The molecule has 0 bridgehead atoms. The highest BCUT2D eigenvalue weighted by atomic mass is 32.2. The largest absolute Gasteiger partial charge is 0.447 e. The van der Waals surface area contributed by atoms with E-state index in [4.69, 9.17) is 9.52 Å². The topological polar surface area (TPSA) is 82.8 Å². The van der Waals surface area contributed by atoms with Gasteiger partial charge in [-0.05, 0) is 12.1 Å². The monoisotopic (exact) mass is 316 g/mol. The van der Waals surface area contributed by atoms with Crippen molar-refractivity contribution in [3.05, 3.63) is 17.9 Å². The molecule has 1 rings (SSSR count). The zero-order valence-electron chi connectivity index (χ0n) is 10.8. The maximum atomic E-state index is 12.0. The van der Waals surface area contributed by atoms with E-state index in [1.807, 2.05) is 0 Å². The first kappa shape index (κ1) is 17.0. The second-order valence-corrected chi connectivity index (χ2v) is 6.28. The fourth-order valence-corrected chi connectivity index (χ4v) is 2.03. The number of halogens is 3. The van der Waals surface area contributed by atoms with E-state index in [1.165, 1.54) is 26.2 Å². The minimum atomic E-state index is -4.70. The molecule has 0 aliphatic rings. The van der Waals surface area contributed by atoms with Gasteiger partial charge < -0.3 is 14.8 Å². The van der Waals surface area contributed by atoms with E-state index in [9.17, 15) is 21.6 Å². The summed E-state index contributed by atoms with van der Waals surface area (Å²) in [5.41, 5.74) is 0. The summed E-state index contributed by atoms with van der Waals surface area (Å²) in [6.07, 6.45) is -7.18. The maximum absolute atomic E-state index is 12.0. The van der Waals surface area contributed by atoms with Gasteiger partial charge >= 0.3 is 6.18 Å². The van der Waals surface area contributed by atoms with E-state index in [0.29, 0.717) is 0 Å². The number of alkyl halides is 3. The Bertz CT molecular complexity index is 539. The van der Waals surface area contributed by atoms with E-state index in [0.717, 1.165) is 4.31 Å². The van der Waals surface area contributed by atoms with Crippen molar-refractivity contribution in [3.8, 4) is 0 Å². The summed E-state index contributed by atoms with van der Waals surface area (Å²) in [4.78, 5) is 0. The number of hydrogen-bond donors (Lipinski definition) is 2. The lowest BCUT2D eigenvalue weighted by Gasteiger charge is -2.14. The predicted octanol–water partition coefficient (Wildman–Crippen LogP) is 0.543. The van der Waals surface area contributed by atoms with Crippen molar-refractivity contribution in [2.75, 3.05) is 20.6 Å². The molecule has 1 atom stereocenters. The highest BCUT2D eigenvalue weighted by Gasteiger charge is 2.37. The van der Waals surface area contributed by atoms with Crippen LogP contribution < -0.4 is 5.32 Å². The van der Waals surface area contributed by atoms with Gasteiger partial charge in [0.15, 0.2) is 6.10 Å². The van der Waals surface area contributed by atoms with Gasteiger partial charge in [0.2, 0.25) is 5.09 Å². The van der Waals surface area contributed by atoms with Gasteiger partial charge in [0.05, 0.1) is 6.54 Å². The quantitative estimate of drug-likeness (QED) is 0.800. The lowest BCUT2D eigenvalue weighted by atomic mass is 10.3. The number of nitrogens with zero attached hydrogens (tertiary/aromatic N) is 1. The van der Waals surface area contributed by atoms with Crippen LogP contribution in [0, 0.1) is 0 Å². The Morgan fingerprint density at radius 3 is 2.50 bits per heavy atom. The van der Waals surface area contributed by atoms with Gasteiger partial charge in [0.1, 0.15) is 5.76 Å². The first-order chi connectivity index (χ1) is 9.05. The van der Waals surface area contributed by atoms with E-state index in [1.54, 1.807) is 0 Å². The molecule has 0 spiro atoms. The van der Waals surface area contributed by atoms with Crippen LogP contribution in [0.3, 0.4) is 0 Å². The van der Waals surface area contributed by atoms with Gasteiger partial charge in [-0.25, -0.2) is 12.7 Å². The molecule has 2 N–H and O–H groups in total. The molecule has 0 aliphatic carbocycles. The second-order valence-electron chi connectivity index (χ2n) is 4.20. The van der Waals surface area contributed by atoms with Crippen LogP contribution in [-0.4, -0.2) is 50.7 Å². The zero-order chi connectivity index (χ0) is 15.6. The Balaban J connectivity index is 2.58. The molecule has 10 heteroatoms. The second kappa shape index (κ2) is 6.12. The average molecular weight is 316 g/mol. The molecule has 20 heavy (non-hydrogen) atoms. The molecule has 1 aromatic rings. The minimum absolute atomic E-state index is 0.129. The number of rotatable bonds is 6. The first-order valence-electron chi connectivity index (χ1n) is 5.52. The Kier molecular flexibility index (Phi) is 5.19. The smallest absolute Gasteiger partial charge is 0.415 e. The van der Waals surface area contributed by atoms with Crippen LogP contribution in [0.1, 0.15) is 5.76 Å². The van der Waals surface area contributed by atoms with E-state index < -0.39 is 28.8 Å². The van der Waals surface area contributed by atoms with Crippen molar-refractivity contribution >= 4 is 10.0 Å². The third-order valence-electron chi connectivity index (χ3n) is 2.39. The summed E-state index contributed by atoms with van der Waals surface area (Å²) < 4.78 is 65.4. The number of furan rings is 1. The number of nitrogens with one attached hydrogen (secondary N) is 1. The van der Waals surface area contributed by atoms with Crippen molar-refractivity contribution < 1.29 is 31.1 Å². The Morgan fingerprint density at radius 1 is 1.40 bits per heavy atom. The van der Waals surface area contributed by atoms with E-state index in [-0.39, 0.29) is 17.4 Å². The molecule has 116 valence electrons.